The molecule has 0 saturated heterocycles. The summed E-state index contributed by atoms with van der Waals surface area (Å²) in [5.74, 6) is -1.22. The fourth-order valence-corrected chi connectivity index (χ4v) is 5.84. The largest absolute Gasteiger partial charge is 0.477 e. The van der Waals surface area contributed by atoms with Gasteiger partial charge in [-0.3, -0.25) is 4.79 Å². The molecule has 7 heteroatoms. The molecule has 1 atom stereocenters. The summed E-state index contributed by atoms with van der Waals surface area (Å²) in [7, 11) is 0. The molecule has 1 aromatic carbocycles. The van der Waals surface area contributed by atoms with Crippen LogP contribution in [0.1, 0.15) is 64.1 Å². The van der Waals surface area contributed by atoms with Crippen molar-refractivity contribution in [1.82, 2.24) is 4.57 Å². The Morgan fingerprint density at radius 3 is 2.69 bits per heavy atom. The number of rotatable bonds is 3. The Morgan fingerprint density at radius 2 is 2.03 bits per heavy atom. The molecule has 150 valence electrons. The highest BCUT2D eigenvalue weighted by Crippen LogP contribution is 2.44. The van der Waals surface area contributed by atoms with Gasteiger partial charge in [-0.15, -0.1) is 11.3 Å². The van der Waals surface area contributed by atoms with Crippen LogP contribution >= 0.6 is 11.3 Å². The molecular weight excluding hydrogens is 386 g/mol. The van der Waals surface area contributed by atoms with E-state index in [0.29, 0.717) is 11.1 Å². The third kappa shape index (κ3) is 2.80. The first-order chi connectivity index (χ1) is 13.9. The van der Waals surface area contributed by atoms with E-state index in [0.717, 1.165) is 53.6 Å². The summed E-state index contributed by atoms with van der Waals surface area (Å²) < 4.78 is 1.95. The van der Waals surface area contributed by atoms with Gasteiger partial charge in [0.05, 0.1) is 10.9 Å². The highest BCUT2D eigenvalue weighted by atomic mass is 32.1. The van der Waals surface area contributed by atoms with Crippen molar-refractivity contribution in [2.45, 2.75) is 51.1 Å². The van der Waals surface area contributed by atoms with Crippen molar-refractivity contribution < 1.29 is 9.90 Å². The number of pyridine rings is 1. The number of benzene rings is 1. The molecule has 2 aliphatic rings. The zero-order valence-electron chi connectivity index (χ0n) is 16.2. The molecule has 3 aromatic rings. The van der Waals surface area contributed by atoms with Gasteiger partial charge in [-0.1, -0.05) is 0 Å². The van der Waals surface area contributed by atoms with Crippen molar-refractivity contribution in [2.75, 3.05) is 5.73 Å². The molecule has 29 heavy (non-hydrogen) atoms. The number of anilines is 1. The summed E-state index contributed by atoms with van der Waals surface area (Å²) in [5.41, 5.74) is 16.3. The molecule has 0 radical (unpaired) electrons. The van der Waals surface area contributed by atoms with E-state index in [9.17, 15) is 14.7 Å². The van der Waals surface area contributed by atoms with Crippen molar-refractivity contribution in [2.24, 2.45) is 5.73 Å². The van der Waals surface area contributed by atoms with E-state index in [-0.39, 0.29) is 17.6 Å². The Bertz CT molecular complexity index is 1240. The molecule has 1 fully saturated rings. The van der Waals surface area contributed by atoms with E-state index >= 15 is 0 Å². The first kappa shape index (κ1) is 18.4. The summed E-state index contributed by atoms with van der Waals surface area (Å²) in [6.45, 7) is 1.99. The van der Waals surface area contributed by atoms with Crippen LogP contribution in [0.3, 0.4) is 0 Å². The Kier molecular flexibility index (Phi) is 4.08. The third-order valence-corrected chi connectivity index (χ3v) is 7.50. The lowest BCUT2D eigenvalue weighted by molar-refractivity contribution is 0.0695. The first-order valence-corrected chi connectivity index (χ1v) is 10.8. The van der Waals surface area contributed by atoms with Crippen molar-refractivity contribution in [3.8, 4) is 10.4 Å². The normalized spacial score (nSPS) is 18.8. The Balaban J connectivity index is 1.81. The molecule has 0 bridgehead atoms. The van der Waals surface area contributed by atoms with Crippen LogP contribution in [0.2, 0.25) is 0 Å². The molecule has 1 saturated carbocycles. The maximum atomic E-state index is 12.9. The molecule has 0 aliphatic heterocycles. The number of carbonyl (C=O) groups is 1. The van der Waals surface area contributed by atoms with Crippen LogP contribution in [0.5, 0.6) is 0 Å². The predicted molar refractivity (Wildman–Crippen MR) is 116 cm³/mol. The Morgan fingerprint density at radius 1 is 1.28 bits per heavy atom. The number of fused-ring (bicyclic) bond motifs is 2. The lowest BCUT2D eigenvalue weighted by Gasteiger charge is -2.18. The molecule has 1 unspecified atom stereocenters. The molecule has 2 aromatic heterocycles. The van der Waals surface area contributed by atoms with E-state index in [1.54, 1.807) is 11.3 Å². The topological polar surface area (TPSA) is 111 Å². The minimum Gasteiger partial charge on any atom is -0.477 e. The van der Waals surface area contributed by atoms with Gasteiger partial charge in [-0.2, -0.15) is 0 Å². The van der Waals surface area contributed by atoms with Crippen LogP contribution in [0.15, 0.2) is 23.1 Å². The number of hydrogen-bond donors (Lipinski definition) is 3. The lowest BCUT2D eigenvalue weighted by atomic mass is 9.94. The van der Waals surface area contributed by atoms with Gasteiger partial charge < -0.3 is 21.1 Å². The maximum absolute atomic E-state index is 12.9. The van der Waals surface area contributed by atoms with Gasteiger partial charge in [-0.05, 0) is 67.9 Å². The summed E-state index contributed by atoms with van der Waals surface area (Å²) in [4.78, 5) is 26.9. The van der Waals surface area contributed by atoms with Crippen molar-refractivity contribution in [3.05, 3.63) is 50.1 Å². The zero-order valence-corrected chi connectivity index (χ0v) is 17.0. The molecule has 2 aliphatic carbocycles. The number of nitrogens with two attached hydrogens (primary N) is 2. The molecule has 5 rings (SSSR count). The minimum atomic E-state index is -1.22. The number of hydrogen-bond acceptors (Lipinski definition) is 5. The van der Waals surface area contributed by atoms with E-state index < -0.39 is 11.4 Å². The number of aromatic nitrogens is 1. The SMILES string of the molecule is Cc1c(-c2cc3c(s2)C(N)CCC3)cc(N)c2c(=O)c(C(=O)O)cn(C3CC3)c12. The van der Waals surface area contributed by atoms with Crippen molar-refractivity contribution in [3.63, 3.8) is 0 Å². The van der Waals surface area contributed by atoms with Gasteiger partial charge in [0.1, 0.15) is 5.56 Å². The summed E-state index contributed by atoms with van der Waals surface area (Å²) in [5, 5.41) is 9.81. The molecular formula is C22H23N3O3S. The smallest absolute Gasteiger partial charge is 0.341 e. The zero-order chi connectivity index (χ0) is 20.4. The molecule has 6 nitrogen and oxygen atoms in total. The second kappa shape index (κ2) is 6.43. The number of carboxylic acid groups (broad SMARTS) is 1. The van der Waals surface area contributed by atoms with E-state index in [2.05, 4.69) is 6.07 Å². The highest BCUT2D eigenvalue weighted by Gasteiger charge is 2.29. The highest BCUT2D eigenvalue weighted by molar-refractivity contribution is 7.15. The standard InChI is InChI=1S/C22H23N3O3S/c1-10-13(17-7-11-3-2-4-15(23)21(11)29-17)8-16(24)18-19(10)25(12-5-6-12)9-14(20(18)26)22(27)28/h7-9,12,15H,2-6,23-24H2,1H3,(H,27,28). The first-order valence-electron chi connectivity index (χ1n) is 9.96. The second-order valence-electron chi connectivity index (χ2n) is 8.18. The van der Waals surface area contributed by atoms with E-state index in [1.165, 1.54) is 16.6 Å². The average molecular weight is 410 g/mol. The van der Waals surface area contributed by atoms with Crippen LogP contribution < -0.4 is 16.9 Å². The number of aryl methyl sites for hydroxylation is 2. The van der Waals surface area contributed by atoms with E-state index in [1.807, 2.05) is 17.6 Å². The second-order valence-corrected chi connectivity index (χ2v) is 9.26. The van der Waals surface area contributed by atoms with Crippen LogP contribution in [0.25, 0.3) is 21.3 Å². The van der Waals surface area contributed by atoms with Crippen LogP contribution in [0.4, 0.5) is 5.69 Å². The molecule has 0 spiro atoms. The number of aromatic carboxylic acids is 1. The van der Waals surface area contributed by atoms with E-state index in [4.69, 9.17) is 11.5 Å². The predicted octanol–water partition coefficient (Wildman–Crippen LogP) is 3.99. The van der Waals surface area contributed by atoms with Gasteiger partial charge in [0.25, 0.3) is 0 Å². The van der Waals surface area contributed by atoms with Crippen LogP contribution in [-0.4, -0.2) is 15.6 Å². The number of carboxylic acids is 1. The van der Waals surface area contributed by atoms with Gasteiger partial charge in [-0.25, -0.2) is 4.79 Å². The van der Waals surface area contributed by atoms with Crippen molar-refractivity contribution >= 4 is 33.9 Å². The Hall–Kier alpha value is -2.64. The minimum absolute atomic E-state index is 0.0818. The van der Waals surface area contributed by atoms with Crippen LogP contribution in [-0.2, 0) is 6.42 Å². The maximum Gasteiger partial charge on any atom is 0.341 e. The quantitative estimate of drug-likeness (QED) is 0.566. The number of thiophene rings is 1. The summed E-state index contributed by atoms with van der Waals surface area (Å²) >= 11 is 1.71. The fourth-order valence-electron chi connectivity index (χ4n) is 4.52. The molecule has 2 heterocycles. The van der Waals surface area contributed by atoms with Gasteiger partial charge >= 0.3 is 5.97 Å². The Labute approximate surface area is 171 Å². The monoisotopic (exact) mass is 409 g/mol. The van der Waals surface area contributed by atoms with Gasteiger partial charge in [0.2, 0.25) is 5.43 Å². The summed E-state index contributed by atoms with van der Waals surface area (Å²) in [6.07, 6.45) is 6.59. The third-order valence-electron chi connectivity index (χ3n) is 6.16. The number of nitrogen functional groups attached to an aromatic ring is 1. The van der Waals surface area contributed by atoms with Crippen molar-refractivity contribution in [1.29, 1.82) is 0 Å². The number of nitrogens with zero attached hydrogens (tertiary/aromatic N) is 1. The average Bonchev–Trinajstić information content (AvgIpc) is 3.42. The molecule has 0 amide bonds. The molecule has 5 N–H and O–H groups in total. The van der Waals surface area contributed by atoms with Crippen LogP contribution in [0, 0.1) is 6.92 Å². The summed E-state index contributed by atoms with van der Waals surface area (Å²) in [6, 6.07) is 4.33. The van der Waals surface area contributed by atoms with Gasteiger partial charge in [0.15, 0.2) is 0 Å². The fraction of sp³-hybridized carbons (Fsp3) is 0.364. The lowest BCUT2D eigenvalue weighted by Crippen LogP contribution is -2.20. The van der Waals surface area contributed by atoms with Gasteiger partial charge in [0, 0.05) is 33.7 Å².